The van der Waals surface area contributed by atoms with Gasteiger partial charge in [0.15, 0.2) is 5.16 Å². The van der Waals surface area contributed by atoms with Gasteiger partial charge in [0.1, 0.15) is 16.4 Å². The van der Waals surface area contributed by atoms with Gasteiger partial charge in [0.25, 0.3) is 0 Å². The van der Waals surface area contributed by atoms with Crippen LogP contribution in [0.3, 0.4) is 0 Å². The molecule has 0 aliphatic heterocycles. The molecule has 30 heavy (non-hydrogen) atoms. The number of nitrogens with one attached hydrogen (secondary N) is 1. The molecule has 0 aliphatic rings. The van der Waals surface area contributed by atoms with Crippen LogP contribution in [-0.4, -0.2) is 39.0 Å². The van der Waals surface area contributed by atoms with Gasteiger partial charge in [0.2, 0.25) is 5.91 Å². The van der Waals surface area contributed by atoms with Gasteiger partial charge < -0.3 is 14.6 Å². The van der Waals surface area contributed by atoms with Gasteiger partial charge in [-0.2, -0.15) is 0 Å². The quantitative estimate of drug-likeness (QED) is 0.404. The molecule has 0 spiro atoms. The van der Waals surface area contributed by atoms with E-state index in [-0.39, 0.29) is 24.2 Å². The van der Waals surface area contributed by atoms with Gasteiger partial charge >= 0.3 is 5.97 Å². The van der Waals surface area contributed by atoms with Crippen LogP contribution in [0.5, 0.6) is 0 Å². The minimum Gasteiger partial charge on any atom is -0.462 e. The summed E-state index contributed by atoms with van der Waals surface area (Å²) in [4.78, 5) is 25.2. The van der Waals surface area contributed by atoms with Crippen LogP contribution in [0.25, 0.3) is 11.1 Å². The molecule has 7 nitrogen and oxygen atoms in total. The van der Waals surface area contributed by atoms with Crippen LogP contribution in [0.4, 0.5) is 5.00 Å². The second-order valence-electron chi connectivity index (χ2n) is 6.83. The Hall–Kier alpha value is -2.65. The van der Waals surface area contributed by atoms with Crippen LogP contribution in [0.2, 0.25) is 0 Å². The average Bonchev–Trinajstić information content (AvgIpc) is 3.31. The summed E-state index contributed by atoms with van der Waals surface area (Å²) in [6.45, 7) is 6.11. The van der Waals surface area contributed by atoms with Crippen molar-refractivity contribution >= 4 is 40.0 Å². The third kappa shape index (κ3) is 4.91. The highest BCUT2D eigenvalue weighted by atomic mass is 32.2. The van der Waals surface area contributed by atoms with Crippen LogP contribution >= 0.6 is 23.1 Å². The van der Waals surface area contributed by atoms with Crippen molar-refractivity contribution in [1.82, 2.24) is 14.8 Å². The van der Waals surface area contributed by atoms with Crippen molar-refractivity contribution < 1.29 is 14.3 Å². The van der Waals surface area contributed by atoms with Crippen LogP contribution in [-0.2, 0) is 16.6 Å². The summed E-state index contributed by atoms with van der Waals surface area (Å²) in [6.07, 6.45) is 0. The van der Waals surface area contributed by atoms with Gasteiger partial charge in [-0.3, -0.25) is 4.79 Å². The number of aromatic nitrogens is 3. The summed E-state index contributed by atoms with van der Waals surface area (Å²) >= 11 is 2.62. The highest BCUT2D eigenvalue weighted by Crippen LogP contribution is 2.36. The molecule has 2 aromatic heterocycles. The van der Waals surface area contributed by atoms with Gasteiger partial charge in [0.05, 0.1) is 12.4 Å². The fourth-order valence-electron chi connectivity index (χ4n) is 2.93. The lowest BCUT2D eigenvalue weighted by atomic mass is 10.0. The normalized spacial score (nSPS) is 11.0. The van der Waals surface area contributed by atoms with Crippen LogP contribution in [0.15, 0.2) is 40.9 Å². The fourth-order valence-corrected chi connectivity index (χ4v) is 4.63. The molecule has 3 aromatic rings. The SMILES string of the molecule is CCOC(=O)c1c(-c2ccccc2)csc1NC(=O)CSc1nnc(C(C)C)n1C. The summed E-state index contributed by atoms with van der Waals surface area (Å²) in [7, 11) is 1.89. The molecule has 0 saturated heterocycles. The van der Waals surface area contributed by atoms with Crippen molar-refractivity contribution in [3.05, 3.63) is 47.1 Å². The number of hydrogen-bond donors (Lipinski definition) is 1. The molecular weight excluding hydrogens is 420 g/mol. The molecule has 158 valence electrons. The number of amides is 1. The van der Waals surface area contributed by atoms with E-state index in [1.54, 1.807) is 6.92 Å². The van der Waals surface area contributed by atoms with Crippen molar-refractivity contribution in [2.45, 2.75) is 31.8 Å². The van der Waals surface area contributed by atoms with E-state index < -0.39 is 5.97 Å². The lowest BCUT2D eigenvalue weighted by molar-refractivity contribution is -0.113. The van der Waals surface area contributed by atoms with Gasteiger partial charge in [-0.05, 0) is 12.5 Å². The maximum absolute atomic E-state index is 12.6. The topological polar surface area (TPSA) is 86.1 Å². The van der Waals surface area contributed by atoms with Crippen molar-refractivity contribution in [3.8, 4) is 11.1 Å². The van der Waals surface area contributed by atoms with Gasteiger partial charge in [-0.25, -0.2) is 4.79 Å². The van der Waals surface area contributed by atoms with E-state index >= 15 is 0 Å². The summed E-state index contributed by atoms with van der Waals surface area (Å²) < 4.78 is 7.12. The van der Waals surface area contributed by atoms with Crippen molar-refractivity contribution in [3.63, 3.8) is 0 Å². The number of hydrogen-bond acceptors (Lipinski definition) is 7. The van der Waals surface area contributed by atoms with Crippen LogP contribution < -0.4 is 5.32 Å². The number of esters is 1. The first-order chi connectivity index (χ1) is 14.4. The molecule has 0 aliphatic carbocycles. The molecule has 1 N–H and O–H groups in total. The van der Waals surface area contributed by atoms with E-state index in [1.807, 2.05) is 61.2 Å². The van der Waals surface area contributed by atoms with Crippen molar-refractivity contribution in [2.75, 3.05) is 17.7 Å². The minimum atomic E-state index is -0.449. The van der Waals surface area contributed by atoms with Gasteiger partial charge in [-0.1, -0.05) is 55.9 Å². The molecule has 3 rings (SSSR count). The Labute approximate surface area is 183 Å². The number of ether oxygens (including phenoxy) is 1. The van der Waals surface area contributed by atoms with Crippen LogP contribution in [0.1, 0.15) is 42.9 Å². The predicted octanol–water partition coefficient (Wildman–Crippen LogP) is 4.57. The van der Waals surface area contributed by atoms with E-state index in [1.165, 1.54) is 23.1 Å². The van der Waals surface area contributed by atoms with E-state index in [0.29, 0.717) is 15.7 Å². The Kier molecular flexibility index (Phi) is 7.28. The molecule has 0 saturated carbocycles. The molecule has 0 radical (unpaired) electrons. The number of benzene rings is 1. The summed E-state index contributed by atoms with van der Waals surface area (Å²) in [6, 6.07) is 9.57. The maximum atomic E-state index is 12.6. The lowest BCUT2D eigenvalue weighted by Gasteiger charge is -2.09. The number of anilines is 1. The molecule has 1 amide bonds. The Morgan fingerprint density at radius 1 is 1.23 bits per heavy atom. The van der Waals surface area contributed by atoms with E-state index in [4.69, 9.17) is 4.74 Å². The first-order valence-corrected chi connectivity index (χ1v) is 11.4. The number of nitrogens with zero attached hydrogens (tertiary/aromatic N) is 3. The Bertz CT molecular complexity index is 1030. The number of carbonyl (C=O) groups excluding carboxylic acids is 2. The fraction of sp³-hybridized carbons (Fsp3) is 0.333. The van der Waals surface area contributed by atoms with Gasteiger partial charge in [0, 0.05) is 23.9 Å². The van der Waals surface area contributed by atoms with Gasteiger partial charge in [-0.15, -0.1) is 21.5 Å². The summed E-state index contributed by atoms with van der Waals surface area (Å²) in [5, 5.41) is 14.2. The molecular formula is C21H24N4O3S2. The summed E-state index contributed by atoms with van der Waals surface area (Å²) in [5.74, 6) is 0.607. The highest BCUT2D eigenvalue weighted by Gasteiger charge is 2.23. The largest absolute Gasteiger partial charge is 0.462 e. The standard InChI is InChI=1S/C21H24N4O3S2/c1-5-28-20(27)17-15(14-9-7-6-8-10-14)11-29-19(17)22-16(26)12-30-21-24-23-18(13(2)3)25(21)4/h6-11,13H,5,12H2,1-4H3,(H,22,26). The van der Waals surface area contributed by atoms with Crippen molar-refractivity contribution in [1.29, 1.82) is 0 Å². The third-order valence-electron chi connectivity index (χ3n) is 4.33. The zero-order chi connectivity index (χ0) is 21.7. The van der Waals surface area contributed by atoms with E-state index in [2.05, 4.69) is 15.5 Å². The molecule has 0 atom stereocenters. The molecule has 0 fully saturated rings. The van der Waals surface area contributed by atoms with Crippen molar-refractivity contribution in [2.24, 2.45) is 7.05 Å². The Morgan fingerprint density at radius 2 is 1.97 bits per heavy atom. The molecule has 0 bridgehead atoms. The van der Waals surface area contributed by atoms with E-state index in [9.17, 15) is 9.59 Å². The second kappa shape index (κ2) is 9.90. The first-order valence-electron chi connectivity index (χ1n) is 9.58. The number of thioether (sulfide) groups is 1. The Balaban J connectivity index is 1.76. The summed E-state index contributed by atoms with van der Waals surface area (Å²) in [5.41, 5.74) is 2.02. The number of thiophene rings is 1. The lowest BCUT2D eigenvalue weighted by Crippen LogP contribution is -2.16. The average molecular weight is 445 g/mol. The number of carbonyl (C=O) groups is 2. The minimum absolute atomic E-state index is 0.158. The maximum Gasteiger partial charge on any atom is 0.341 e. The zero-order valence-corrected chi connectivity index (χ0v) is 19.0. The molecule has 9 heteroatoms. The smallest absolute Gasteiger partial charge is 0.341 e. The van der Waals surface area contributed by atoms with Crippen LogP contribution in [0, 0.1) is 0 Å². The first kappa shape index (κ1) is 22.0. The predicted molar refractivity (Wildman–Crippen MR) is 120 cm³/mol. The monoisotopic (exact) mass is 444 g/mol. The third-order valence-corrected chi connectivity index (χ3v) is 6.24. The molecule has 2 heterocycles. The Morgan fingerprint density at radius 3 is 2.60 bits per heavy atom. The van der Waals surface area contributed by atoms with E-state index in [0.717, 1.165) is 17.0 Å². The second-order valence-corrected chi connectivity index (χ2v) is 8.65. The molecule has 1 aromatic carbocycles. The highest BCUT2D eigenvalue weighted by molar-refractivity contribution is 7.99. The zero-order valence-electron chi connectivity index (χ0n) is 17.3. The molecule has 0 unspecified atom stereocenters. The number of rotatable bonds is 8.